The molecule has 0 radical (unpaired) electrons. The second kappa shape index (κ2) is 4.39. The fourth-order valence-electron chi connectivity index (χ4n) is 3.14. The van der Waals surface area contributed by atoms with Gasteiger partial charge in [-0.1, -0.05) is 6.08 Å². The summed E-state index contributed by atoms with van der Waals surface area (Å²) in [5.41, 5.74) is -1.46. The Morgan fingerprint density at radius 3 is 2.43 bits per heavy atom. The van der Waals surface area contributed by atoms with Crippen LogP contribution in [0.4, 0.5) is 0 Å². The van der Waals surface area contributed by atoms with Gasteiger partial charge in [-0.15, -0.1) is 0 Å². The molecule has 0 aromatic rings. The van der Waals surface area contributed by atoms with Crippen LogP contribution in [0, 0.1) is 11.8 Å². The van der Waals surface area contributed by atoms with Crippen molar-refractivity contribution in [2.24, 2.45) is 11.8 Å². The molecule has 3 rings (SSSR count). The summed E-state index contributed by atoms with van der Waals surface area (Å²) in [4.78, 5) is 46.3. The lowest BCUT2D eigenvalue weighted by atomic mass is 9.76. The first-order valence-electron chi connectivity index (χ1n) is 6.41. The third kappa shape index (κ3) is 1.86. The molecule has 3 heterocycles. The Bertz CT molecular complexity index is 567. The molecule has 2 saturated heterocycles. The molecule has 21 heavy (non-hydrogen) atoms. The highest BCUT2D eigenvalue weighted by atomic mass is 16.7. The highest BCUT2D eigenvalue weighted by molar-refractivity contribution is 6.07. The average Bonchev–Trinajstić information content (AvgIpc) is 3.00. The van der Waals surface area contributed by atoms with Gasteiger partial charge >= 0.3 is 11.9 Å². The number of carbonyl (C=O) groups is 4. The molecular weight excluding hydrogens is 282 g/mol. The summed E-state index contributed by atoms with van der Waals surface area (Å²) in [5.74, 6) is -3.93. The molecule has 112 valence electrons. The van der Waals surface area contributed by atoms with E-state index in [0.29, 0.717) is 0 Å². The van der Waals surface area contributed by atoms with Gasteiger partial charge in [-0.3, -0.25) is 24.5 Å². The lowest BCUT2D eigenvalue weighted by Crippen LogP contribution is -2.52. The van der Waals surface area contributed by atoms with Gasteiger partial charge in [-0.05, 0) is 6.08 Å². The largest absolute Gasteiger partial charge is 0.422 e. The van der Waals surface area contributed by atoms with Crippen molar-refractivity contribution in [1.82, 2.24) is 5.32 Å². The van der Waals surface area contributed by atoms with E-state index in [1.165, 1.54) is 6.08 Å². The summed E-state index contributed by atoms with van der Waals surface area (Å²) < 4.78 is 15.7. The van der Waals surface area contributed by atoms with E-state index < -0.39 is 53.6 Å². The minimum absolute atomic E-state index is 0.439. The number of fused-ring (bicyclic) bond motifs is 5. The molecule has 0 saturated carbocycles. The Labute approximate surface area is 119 Å². The molecule has 8 nitrogen and oxygen atoms in total. The Morgan fingerprint density at radius 1 is 1.24 bits per heavy atom. The Morgan fingerprint density at radius 2 is 1.86 bits per heavy atom. The molecular formula is C13H13NO7. The summed E-state index contributed by atoms with van der Waals surface area (Å²) >= 11 is 0. The number of esters is 2. The van der Waals surface area contributed by atoms with Crippen molar-refractivity contribution in [3.63, 3.8) is 0 Å². The van der Waals surface area contributed by atoms with Crippen molar-refractivity contribution < 1.29 is 33.4 Å². The van der Waals surface area contributed by atoms with Crippen LogP contribution in [0.15, 0.2) is 12.2 Å². The highest BCUT2D eigenvalue weighted by Gasteiger charge is 2.70. The molecule has 3 aliphatic heterocycles. The number of carbonyl (C=O) groups excluding carboxylic acids is 4. The molecule has 0 aromatic heterocycles. The standard InChI is InChI=1S/C13H13NO7/c1-5(15)19-12(20-6(2)16)13-4-3-7(21-13)8-9(13)11(18)14-10(8)17/h3-4,7-9,12H,1-2H3,(H,14,17,18)/t7-,8+,9-,13+/m1/s1. The summed E-state index contributed by atoms with van der Waals surface area (Å²) in [6.45, 7) is 2.30. The third-order valence-corrected chi connectivity index (χ3v) is 3.83. The SMILES string of the molecule is CC(=O)OC(OC(C)=O)[C@@]12C=C[C@@H](O1)[C@@H]1C(=O)NC(=O)[C@@H]12. The van der Waals surface area contributed by atoms with Gasteiger partial charge in [0.05, 0.1) is 17.9 Å². The maximum atomic E-state index is 12.0. The molecule has 3 aliphatic rings. The van der Waals surface area contributed by atoms with E-state index in [1.807, 2.05) is 0 Å². The summed E-state index contributed by atoms with van der Waals surface area (Å²) in [5, 5.41) is 2.23. The van der Waals surface area contributed by atoms with Crippen LogP contribution >= 0.6 is 0 Å². The van der Waals surface area contributed by atoms with E-state index >= 15 is 0 Å². The average molecular weight is 295 g/mol. The van der Waals surface area contributed by atoms with Crippen molar-refractivity contribution in [2.75, 3.05) is 0 Å². The Kier molecular flexibility index (Phi) is 2.87. The summed E-state index contributed by atoms with van der Waals surface area (Å²) in [6.07, 6.45) is 1.11. The van der Waals surface area contributed by atoms with Gasteiger partial charge in [0.2, 0.25) is 11.8 Å². The van der Waals surface area contributed by atoms with E-state index in [9.17, 15) is 19.2 Å². The van der Waals surface area contributed by atoms with Crippen molar-refractivity contribution in [3.05, 3.63) is 12.2 Å². The van der Waals surface area contributed by atoms with E-state index in [-0.39, 0.29) is 0 Å². The predicted molar refractivity (Wildman–Crippen MR) is 64.2 cm³/mol. The van der Waals surface area contributed by atoms with Crippen LogP contribution in [0.25, 0.3) is 0 Å². The third-order valence-electron chi connectivity index (χ3n) is 3.83. The van der Waals surface area contributed by atoms with E-state index in [0.717, 1.165) is 13.8 Å². The summed E-state index contributed by atoms with van der Waals surface area (Å²) in [6, 6.07) is 0. The molecule has 4 atom stereocenters. The lowest BCUT2D eigenvalue weighted by Gasteiger charge is -2.34. The van der Waals surface area contributed by atoms with Crippen LogP contribution in [0.3, 0.4) is 0 Å². The van der Waals surface area contributed by atoms with Crippen molar-refractivity contribution in [1.29, 1.82) is 0 Å². The zero-order valence-electron chi connectivity index (χ0n) is 11.3. The minimum atomic E-state index is -1.46. The van der Waals surface area contributed by atoms with Crippen LogP contribution in [0.1, 0.15) is 13.8 Å². The van der Waals surface area contributed by atoms with Gasteiger partial charge in [0.1, 0.15) is 0 Å². The Balaban J connectivity index is 1.99. The maximum absolute atomic E-state index is 12.0. The van der Waals surface area contributed by atoms with E-state index in [4.69, 9.17) is 14.2 Å². The van der Waals surface area contributed by atoms with Crippen LogP contribution in [-0.4, -0.2) is 41.7 Å². The molecule has 0 aliphatic carbocycles. The number of hydrogen-bond acceptors (Lipinski definition) is 7. The van der Waals surface area contributed by atoms with Gasteiger partial charge in [0.15, 0.2) is 5.60 Å². The first-order valence-corrected chi connectivity index (χ1v) is 6.41. The number of imide groups is 1. The second-order valence-electron chi connectivity index (χ2n) is 5.20. The smallest absolute Gasteiger partial charge is 0.305 e. The van der Waals surface area contributed by atoms with Crippen LogP contribution in [0.2, 0.25) is 0 Å². The number of amides is 2. The van der Waals surface area contributed by atoms with Gasteiger partial charge in [-0.2, -0.15) is 0 Å². The molecule has 2 fully saturated rings. The van der Waals surface area contributed by atoms with Crippen molar-refractivity contribution >= 4 is 23.8 Å². The number of nitrogens with one attached hydrogen (secondary N) is 1. The number of hydrogen-bond donors (Lipinski definition) is 1. The minimum Gasteiger partial charge on any atom is -0.422 e. The molecule has 1 N–H and O–H groups in total. The van der Waals surface area contributed by atoms with Gasteiger partial charge < -0.3 is 14.2 Å². The van der Waals surface area contributed by atoms with Crippen molar-refractivity contribution in [2.45, 2.75) is 31.8 Å². The normalized spacial score (nSPS) is 35.9. The summed E-state index contributed by atoms with van der Waals surface area (Å²) in [7, 11) is 0. The fraction of sp³-hybridized carbons (Fsp3) is 0.538. The number of rotatable bonds is 3. The molecule has 0 spiro atoms. The quantitative estimate of drug-likeness (QED) is 0.309. The van der Waals surface area contributed by atoms with E-state index in [1.54, 1.807) is 6.08 Å². The molecule has 2 amide bonds. The van der Waals surface area contributed by atoms with Crippen molar-refractivity contribution in [3.8, 4) is 0 Å². The molecule has 2 bridgehead atoms. The van der Waals surface area contributed by atoms with Gasteiger partial charge in [0, 0.05) is 13.8 Å². The maximum Gasteiger partial charge on any atom is 0.305 e. The first-order chi connectivity index (χ1) is 9.85. The predicted octanol–water partition coefficient (Wildman–Crippen LogP) is -0.965. The molecule has 0 aromatic carbocycles. The fourth-order valence-corrected chi connectivity index (χ4v) is 3.14. The first kappa shape index (κ1) is 13.7. The van der Waals surface area contributed by atoms with Gasteiger partial charge in [0.25, 0.3) is 6.29 Å². The van der Waals surface area contributed by atoms with Crippen LogP contribution in [0.5, 0.6) is 0 Å². The van der Waals surface area contributed by atoms with E-state index in [2.05, 4.69) is 5.32 Å². The zero-order valence-corrected chi connectivity index (χ0v) is 11.3. The second-order valence-corrected chi connectivity index (χ2v) is 5.20. The number of ether oxygens (including phenoxy) is 3. The zero-order chi connectivity index (χ0) is 15.4. The lowest BCUT2D eigenvalue weighted by molar-refractivity contribution is -0.226. The molecule has 8 heteroatoms. The van der Waals surface area contributed by atoms with Crippen LogP contribution in [-0.2, 0) is 33.4 Å². The monoisotopic (exact) mass is 295 g/mol. The Hall–Kier alpha value is -2.22. The highest BCUT2D eigenvalue weighted by Crippen LogP contribution is 2.52. The topological polar surface area (TPSA) is 108 Å². The molecule has 0 unspecified atom stereocenters. The van der Waals surface area contributed by atoms with Gasteiger partial charge in [-0.25, -0.2) is 0 Å². The van der Waals surface area contributed by atoms with Crippen LogP contribution < -0.4 is 5.32 Å².